The molecule has 0 aliphatic carbocycles. The van der Waals surface area contributed by atoms with Crippen molar-refractivity contribution in [1.82, 2.24) is 10.6 Å². The summed E-state index contributed by atoms with van der Waals surface area (Å²) in [6.07, 6.45) is 1.54. The lowest BCUT2D eigenvalue weighted by atomic mass is 9.88. The summed E-state index contributed by atoms with van der Waals surface area (Å²) in [5.74, 6) is -0.726. The molecule has 126 valence electrons. The normalized spacial score (nSPS) is 18.2. The quantitative estimate of drug-likeness (QED) is 0.702. The van der Waals surface area contributed by atoms with Gasteiger partial charge in [0.05, 0.1) is 0 Å². The summed E-state index contributed by atoms with van der Waals surface area (Å²) in [6, 6.07) is 7.11. The van der Waals surface area contributed by atoms with Gasteiger partial charge in [0.15, 0.2) is 0 Å². The fourth-order valence-electron chi connectivity index (χ4n) is 2.79. The SMILES string of the molecule is CNC1(C(=O)NC(Cc2ccc(C)cc2)C(N)=O)CCOCC1. The van der Waals surface area contributed by atoms with E-state index in [2.05, 4.69) is 10.6 Å². The lowest BCUT2D eigenvalue weighted by molar-refractivity contribution is -0.134. The van der Waals surface area contributed by atoms with Crippen molar-refractivity contribution in [1.29, 1.82) is 0 Å². The van der Waals surface area contributed by atoms with Crippen LogP contribution in [0.1, 0.15) is 24.0 Å². The maximum atomic E-state index is 12.7. The third-order valence-corrected chi connectivity index (χ3v) is 4.47. The van der Waals surface area contributed by atoms with E-state index in [1.165, 1.54) is 0 Å². The van der Waals surface area contributed by atoms with Crippen LogP contribution >= 0.6 is 0 Å². The highest BCUT2D eigenvalue weighted by Gasteiger charge is 2.39. The van der Waals surface area contributed by atoms with Gasteiger partial charge in [-0.15, -0.1) is 0 Å². The van der Waals surface area contributed by atoms with Crippen LogP contribution < -0.4 is 16.4 Å². The maximum Gasteiger partial charge on any atom is 0.241 e. The molecule has 1 aromatic carbocycles. The molecule has 0 aromatic heterocycles. The number of hydrogen-bond donors (Lipinski definition) is 3. The molecule has 0 radical (unpaired) electrons. The van der Waals surface area contributed by atoms with Gasteiger partial charge in [-0.2, -0.15) is 0 Å². The second-order valence-electron chi connectivity index (χ2n) is 6.06. The molecule has 1 aromatic rings. The van der Waals surface area contributed by atoms with E-state index in [4.69, 9.17) is 10.5 Å². The van der Waals surface area contributed by atoms with E-state index in [-0.39, 0.29) is 5.91 Å². The zero-order valence-electron chi connectivity index (χ0n) is 13.7. The molecule has 1 saturated heterocycles. The van der Waals surface area contributed by atoms with Crippen LogP contribution in [0.25, 0.3) is 0 Å². The number of ether oxygens (including phenoxy) is 1. The summed E-state index contributed by atoms with van der Waals surface area (Å²) in [7, 11) is 1.75. The van der Waals surface area contributed by atoms with Crippen molar-refractivity contribution in [3.63, 3.8) is 0 Å². The number of hydrogen-bond acceptors (Lipinski definition) is 4. The Balaban J connectivity index is 2.07. The maximum absolute atomic E-state index is 12.7. The smallest absolute Gasteiger partial charge is 0.241 e. The molecule has 0 spiro atoms. The van der Waals surface area contributed by atoms with Crippen LogP contribution in [-0.4, -0.2) is 43.7 Å². The van der Waals surface area contributed by atoms with Crippen molar-refractivity contribution in [3.05, 3.63) is 35.4 Å². The largest absolute Gasteiger partial charge is 0.381 e. The zero-order valence-corrected chi connectivity index (χ0v) is 13.7. The highest BCUT2D eigenvalue weighted by Crippen LogP contribution is 2.21. The van der Waals surface area contributed by atoms with E-state index in [0.717, 1.165) is 11.1 Å². The first kappa shape index (κ1) is 17.4. The van der Waals surface area contributed by atoms with Gasteiger partial charge < -0.3 is 21.1 Å². The van der Waals surface area contributed by atoms with E-state index in [9.17, 15) is 9.59 Å². The Hall–Kier alpha value is -1.92. The summed E-state index contributed by atoms with van der Waals surface area (Å²) in [6.45, 7) is 3.04. The molecule has 1 fully saturated rings. The summed E-state index contributed by atoms with van der Waals surface area (Å²) < 4.78 is 5.32. The van der Waals surface area contributed by atoms with Crippen LogP contribution in [0.2, 0.25) is 0 Å². The standard InChI is InChI=1S/C17H25N3O3/c1-12-3-5-13(6-4-12)11-14(15(18)21)20-16(22)17(19-2)7-9-23-10-8-17/h3-6,14,19H,7-11H2,1-2H3,(H2,18,21)(H,20,22). The molecule has 2 rings (SSSR count). The first-order valence-corrected chi connectivity index (χ1v) is 7.89. The van der Waals surface area contributed by atoms with Gasteiger partial charge in [-0.1, -0.05) is 29.8 Å². The summed E-state index contributed by atoms with van der Waals surface area (Å²) in [4.78, 5) is 24.4. The number of carbonyl (C=O) groups is 2. The van der Waals surface area contributed by atoms with Gasteiger partial charge in [-0.3, -0.25) is 9.59 Å². The van der Waals surface area contributed by atoms with Crippen LogP contribution in [0.5, 0.6) is 0 Å². The van der Waals surface area contributed by atoms with E-state index in [1.54, 1.807) is 7.05 Å². The molecular weight excluding hydrogens is 294 g/mol. The van der Waals surface area contributed by atoms with Gasteiger partial charge >= 0.3 is 0 Å². The number of carbonyl (C=O) groups excluding carboxylic acids is 2. The Morgan fingerprint density at radius 1 is 1.26 bits per heavy atom. The summed E-state index contributed by atoms with van der Waals surface area (Å²) >= 11 is 0. The molecule has 6 nitrogen and oxygen atoms in total. The molecule has 4 N–H and O–H groups in total. The van der Waals surface area contributed by atoms with Gasteiger partial charge in [0, 0.05) is 19.6 Å². The molecule has 23 heavy (non-hydrogen) atoms. The minimum absolute atomic E-state index is 0.195. The van der Waals surface area contributed by atoms with Crippen LogP contribution in [0, 0.1) is 6.92 Å². The number of benzene rings is 1. The molecule has 1 atom stereocenters. The van der Waals surface area contributed by atoms with E-state index < -0.39 is 17.5 Å². The molecule has 0 bridgehead atoms. The zero-order chi connectivity index (χ0) is 16.9. The monoisotopic (exact) mass is 319 g/mol. The molecule has 0 saturated carbocycles. The number of nitrogens with one attached hydrogen (secondary N) is 2. The van der Waals surface area contributed by atoms with Crippen molar-refractivity contribution in [2.45, 2.75) is 37.8 Å². The number of likely N-dealkylation sites (N-methyl/N-ethyl adjacent to an activating group) is 1. The second-order valence-corrected chi connectivity index (χ2v) is 6.06. The highest BCUT2D eigenvalue weighted by molar-refractivity contribution is 5.91. The first-order valence-electron chi connectivity index (χ1n) is 7.89. The number of amides is 2. The van der Waals surface area contributed by atoms with Crippen LogP contribution in [-0.2, 0) is 20.7 Å². The summed E-state index contributed by atoms with van der Waals surface area (Å²) in [5.41, 5.74) is 6.89. The Morgan fingerprint density at radius 3 is 2.39 bits per heavy atom. The second kappa shape index (κ2) is 7.57. The molecule has 1 aliphatic heterocycles. The van der Waals surface area contributed by atoms with Crippen molar-refractivity contribution in [2.75, 3.05) is 20.3 Å². The number of aryl methyl sites for hydroxylation is 1. The fraction of sp³-hybridized carbons (Fsp3) is 0.529. The molecule has 6 heteroatoms. The highest BCUT2D eigenvalue weighted by atomic mass is 16.5. The van der Waals surface area contributed by atoms with Crippen LogP contribution in [0.15, 0.2) is 24.3 Å². The molecule has 2 amide bonds. The van der Waals surface area contributed by atoms with Crippen molar-refractivity contribution >= 4 is 11.8 Å². The average molecular weight is 319 g/mol. The van der Waals surface area contributed by atoms with Crippen molar-refractivity contribution < 1.29 is 14.3 Å². The Bertz CT molecular complexity index is 551. The average Bonchev–Trinajstić information content (AvgIpc) is 2.56. The van der Waals surface area contributed by atoms with E-state index in [0.29, 0.717) is 32.5 Å². The topological polar surface area (TPSA) is 93.5 Å². The van der Waals surface area contributed by atoms with Gasteiger partial charge in [-0.05, 0) is 32.4 Å². The van der Waals surface area contributed by atoms with E-state index in [1.807, 2.05) is 31.2 Å². The number of nitrogens with two attached hydrogens (primary N) is 1. The third kappa shape index (κ3) is 4.30. The molecular formula is C17H25N3O3. The Labute approximate surface area is 136 Å². The number of rotatable bonds is 6. The molecule has 1 unspecified atom stereocenters. The minimum Gasteiger partial charge on any atom is -0.381 e. The van der Waals surface area contributed by atoms with Gasteiger partial charge in [0.25, 0.3) is 0 Å². The van der Waals surface area contributed by atoms with Gasteiger partial charge in [-0.25, -0.2) is 0 Å². The molecule has 1 heterocycles. The van der Waals surface area contributed by atoms with Gasteiger partial charge in [0.2, 0.25) is 11.8 Å². The Kier molecular flexibility index (Phi) is 5.74. The van der Waals surface area contributed by atoms with E-state index >= 15 is 0 Å². The van der Waals surface area contributed by atoms with Crippen LogP contribution in [0.4, 0.5) is 0 Å². The predicted molar refractivity (Wildman–Crippen MR) is 87.9 cm³/mol. The Morgan fingerprint density at radius 2 is 1.87 bits per heavy atom. The molecule has 1 aliphatic rings. The number of primary amides is 1. The van der Waals surface area contributed by atoms with Crippen molar-refractivity contribution in [2.24, 2.45) is 5.73 Å². The predicted octanol–water partition coefficient (Wildman–Crippen LogP) is 0.276. The minimum atomic E-state index is -0.724. The third-order valence-electron chi connectivity index (χ3n) is 4.47. The van der Waals surface area contributed by atoms with Crippen molar-refractivity contribution in [3.8, 4) is 0 Å². The lowest BCUT2D eigenvalue weighted by Gasteiger charge is -2.36. The van der Waals surface area contributed by atoms with Crippen LogP contribution in [0.3, 0.4) is 0 Å². The summed E-state index contributed by atoms with van der Waals surface area (Å²) in [5, 5.41) is 5.90. The first-order chi connectivity index (χ1) is 11.0. The van der Waals surface area contributed by atoms with Gasteiger partial charge in [0.1, 0.15) is 11.6 Å². The lowest BCUT2D eigenvalue weighted by Crippen LogP contribution is -2.61. The fourth-order valence-corrected chi connectivity index (χ4v) is 2.79.